The average molecular weight is 450 g/mol. The van der Waals surface area contributed by atoms with E-state index in [-0.39, 0.29) is 6.10 Å². The minimum Gasteiger partial charge on any atom is -0.393 e. The maximum absolute atomic E-state index is 10.1. The summed E-state index contributed by atoms with van der Waals surface area (Å²) in [6.45, 7) is 6.27. The third kappa shape index (κ3) is 5.05. The van der Waals surface area contributed by atoms with Crippen molar-refractivity contribution in [1.29, 1.82) is 0 Å². The molecule has 0 radical (unpaired) electrons. The van der Waals surface area contributed by atoms with Gasteiger partial charge in [0.15, 0.2) is 5.82 Å². The van der Waals surface area contributed by atoms with Gasteiger partial charge < -0.3 is 20.4 Å². The molecule has 3 aromatic rings. The van der Waals surface area contributed by atoms with Crippen molar-refractivity contribution in [2.24, 2.45) is 0 Å². The molecule has 2 fully saturated rings. The van der Waals surface area contributed by atoms with Gasteiger partial charge in [0.1, 0.15) is 11.3 Å². The normalized spacial score (nSPS) is 18.7. The lowest BCUT2D eigenvalue weighted by Crippen LogP contribution is -2.35. The Morgan fingerprint density at radius 1 is 1.06 bits per heavy atom. The van der Waals surface area contributed by atoms with Crippen LogP contribution in [0.15, 0.2) is 30.6 Å². The van der Waals surface area contributed by atoms with E-state index in [2.05, 4.69) is 31.2 Å². The molecule has 9 nitrogen and oxygen atoms in total. The molecule has 0 aliphatic carbocycles. The first-order valence-electron chi connectivity index (χ1n) is 11.8. The van der Waals surface area contributed by atoms with Gasteiger partial charge in [-0.15, -0.1) is 0 Å². The average Bonchev–Trinajstić information content (AvgIpc) is 3.36. The van der Waals surface area contributed by atoms with Gasteiger partial charge in [-0.05, 0) is 50.3 Å². The Morgan fingerprint density at radius 3 is 2.55 bits per heavy atom. The van der Waals surface area contributed by atoms with Gasteiger partial charge in [0.25, 0.3) is 0 Å². The fourth-order valence-electron chi connectivity index (χ4n) is 4.51. The van der Waals surface area contributed by atoms with Crippen LogP contribution in [0.2, 0.25) is 0 Å². The fraction of sp³-hybridized carbons (Fsp3) is 0.500. The van der Waals surface area contributed by atoms with Crippen molar-refractivity contribution < 1.29 is 10.2 Å². The molecule has 3 N–H and O–H groups in total. The number of fused-ring (bicyclic) bond motifs is 1. The van der Waals surface area contributed by atoms with E-state index < -0.39 is 6.10 Å². The summed E-state index contributed by atoms with van der Waals surface area (Å²) in [7, 11) is 0. The monoisotopic (exact) mass is 449 g/mol. The van der Waals surface area contributed by atoms with Crippen LogP contribution in [0.1, 0.15) is 50.0 Å². The summed E-state index contributed by atoms with van der Waals surface area (Å²) in [5.74, 6) is 1.96. The second-order valence-corrected chi connectivity index (χ2v) is 9.06. The molecule has 1 atom stereocenters. The summed E-state index contributed by atoms with van der Waals surface area (Å²) < 4.78 is 0. The van der Waals surface area contributed by atoms with Gasteiger partial charge in [0, 0.05) is 50.5 Å². The second-order valence-electron chi connectivity index (χ2n) is 9.06. The first-order chi connectivity index (χ1) is 16.0. The van der Waals surface area contributed by atoms with Gasteiger partial charge in [-0.1, -0.05) is 6.07 Å². The molecule has 2 aliphatic rings. The SMILES string of the molecule is C[C@@H](O)c1cc2cnc(Nc3ccc(CN4CCC(O)CC4)cn3)nc2c(N2CCCC2)n1. The molecular weight excluding hydrogens is 418 g/mol. The van der Waals surface area contributed by atoms with Crippen molar-refractivity contribution in [1.82, 2.24) is 24.8 Å². The zero-order valence-corrected chi connectivity index (χ0v) is 19.0. The highest BCUT2D eigenvalue weighted by molar-refractivity contribution is 5.89. The van der Waals surface area contributed by atoms with Crippen molar-refractivity contribution in [2.75, 3.05) is 36.4 Å². The van der Waals surface area contributed by atoms with Gasteiger partial charge in [-0.25, -0.2) is 19.9 Å². The summed E-state index contributed by atoms with van der Waals surface area (Å²) in [4.78, 5) is 23.1. The predicted octanol–water partition coefficient (Wildman–Crippen LogP) is 2.77. The molecular formula is C24H31N7O2. The molecule has 2 aliphatic heterocycles. The molecule has 3 aromatic heterocycles. The third-order valence-corrected chi connectivity index (χ3v) is 6.43. The zero-order chi connectivity index (χ0) is 22.8. The van der Waals surface area contributed by atoms with E-state index in [1.807, 2.05) is 18.3 Å². The fourth-order valence-corrected chi connectivity index (χ4v) is 4.51. The van der Waals surface area contributed by atoms with Crippen LogP contribution in [-0.4, -0.2) is 67.3 Å². The lowest BCUT2D eigenvalue weighted by molar-refractivity contribution is 0.0792. The molecule has 33 heavy (non-hydrogen) atoms. The number of hydrogen-bond donors (Lipinski definition) is 3. The number of anilines is 3. The van der Waals surface area contributed by atoms with Crippen LogP contribution >= 0.6 is 0 Å². The van der Waals surface area contributed by atoms with Crippen molar-refractivity contribution in [3.63, 3.8) is 0 Å². The first kappa shape index (κ1) is 21.9. The van der Waals surface area contributed by atoms with Crippen LogP contribution < -0.4 is 10.2 Å². The van der Waals surface area contributed by atoms with Gasteiger partial charge in [0.2, 0.25) is 5.95 Å². The van der Waals surface area contributed by atoms with Crippen LogP contribution in [0.3, 0.4) is 0 Å². The number of nitrogens with one attached hydrogen (secondary N) is 1. The minimum atomic E-state index is -0.647. The second kappa shape index (κ2) is 9.54. The summed E-state index contributed by atoms with van der Waals surface area (Å²) in [6.07, 6.45) is 6.77. The number of likely N-dealkylation sites (tertiary alicyclic amines) is 1. The van der Waals surface area contributed by atoms with Crippen molar-refractivity contribution >= 4 is 28.5 Å². The molecule has 0 bridgehead atoms. The number of nitrogens with zero attached hydrogens (tertiary/aromatic N) is 6. The lowest BCUT2D eigenvalue weighted by atomic mass is 10.1. The van der Waals surface area contributed by atoms with Crippen molar-refractivity contribution in [3.8, 4) is 0 Å². The van der Waals surface area contributed by atoms with E-state index >= 15 is 0 Å². The molecule has 0 spiro atoms. The van der Waals surface area contributed by atoms with E-state index in [0.29, 0.717) is 17.5 Å². The Bertz CT molecular complexity index is 1090. The highest BCUT2D eigenvalue weighted by Gasteiger charge is 2.20. The molecule has 0 unspecified atom stereocenters. The molecule has 0 amide bonds. The topological polar surface area (TPSA) is 111 Å². The smallest absolute Gasteiger partial charge is 0.229 e. The van der Waals surface area contributed by atoms with E-state index in [1.54, 1.807) is 13.1 Å². The maximum atomic E-state index is 10.1. The lowest BCUT2D eigenvalue weighted by Gasteiger charge is -2.29. The molecule has 5 heterocycles. The number of rotatable bonds is 6. The summed E-state index contributed by atoms with van der Waals surface area (Å²) in [5.41, 5.74) is 2.56. The minimum absolute atomic E-state index is 0.160. The zero-order valence-electron chi connectivity index (χ0n) is 19.0. The first-order valence-corrected chi connectivity index (χ1v) is 11.8. The van der Waals surface area contributed by atoms with E-state index in [0.717, 1.165) is 80.7 Å². The summed E-state index contributed by atoms with van der Waals surface area (Å²) in [5, 5.41) is 23.8. The molecule has 0 saturated carbocycles. The van der Waals surface area contributed by atoms with Gasteiger partial charge >= 0.3 is 0 Å². The largest absolute Gasteiger partial charge is 0.393 e. The van der Waals surface area contributed by atoms with Crippen molar-refractivity contribution in [2.45, 2.75) is 51.4 Å². The number of pyridine rings is 2. The molecule has 174 valence electrons. The third-order valence-electron chi connectivity index (χ3n) is 6.43. The molecule has 5 rings (SSSR count). The van der Waals surface area contributed by atoms with E-state index in [9.17, 15) is 10.2 Å². The highest BCUT2D eigenvalue weighted by Crippen LogP contribution is 2.29. The van der Waals surface area contributed by atoms with Gasteiger partial charge in [0.05, 0.1) is 17.9 Å². The standard InChI is InChI=1S/C24H31N7O2/c1-16(32)20-12-18-14-26-24(29-22(18)23(27-20)31-8-2-3-9-31)28-21-5-4-17(13-25-21)15-30-10-6-19(33)7-11-30/h4-5,12-14,16,19,32-33H,2-3,6-11,15H2,1H3,(H,25,26,28,29)/t16-/m1/s1. The Labute approximate surface area is 193 Å². The van der Waals surface area contributed by atoms with Crippen LogP contribution in [0.5, 0.6) is 0 Å². The van der Waals surface area contributed by atoms with Crippen molar-refractivity contribution in [3.05, 3.63) is 41.9 Å². The number of aromatic nitrogens is 4. The Balaban J connectivity index is 1.34. The Hall–Kier alpha value is -2.88. The molecule has 9 heteroatoms. The van der Waals surface area contributed by atoms with Crippen LogP contribution in [0.25, 0.3) is 10.9 Å². The number of aliphatic hydroxyl groups is 2. The van der Waals surface area contributed by atoms with Gasteiger partial charge in [-0.3, -0.25) is 4.90 Å². The number of hydrogen-bond acceptors (Lipinski definition) is 9. The highest BCUT2D eigenvalue weighted by atomic mass is 16.3. The number of aliphatic hydroxyl groups excluding tert-OH is 2. The van der Waals surface area contributed by atoms with Crippen LogP contribution in [0, 0.1) is 0 Å². The molecule has 2 saturated heterocycles. The van der Waals surface area contributed by atoms with Crippen LogP contribution in [-0.2, 0) is 6.54 Å². The van der Waals surface area contributed by atoms with E-state index in [4.69, 9.17) is 9.97 Å². The maximum Gasteiger partial charge on any atom is 0.229 e. The Morgan fingerprint density at radius 2 is 1.85 bits per heavy atom. The quantitative estimate of drug-likeness (QED) is 0.523. The Kier molecular flexibility index (Phi) is 6.34. The van der Waals surface area contributed by atoms with Gasteiger partial charge in [-0.2, -0.15) is 0 Å². The predicted molar refractivity (Wildman–Crippen MR) is 127 cm³/mol. The number of piperidine rings is 1. The van der Waals surface area contributed by atoms with E-state index in [1.165, 1.54) is 0 Å². The van der Waals surface area contributed by atoms with Crippen LogP contribution in [0.4, 0.5) is 17.6 Å². The summed E-state index contributed by atoms with van der Waals surface area (Å²) in [6, 6.07) is 5.86. The molecule has 0 aromatic carbocycles. The summed E-state index contributed by atoms with van der Waals surface area (Å²) >= 11 is 0.